The number of rotatable bonds is 7. The topological polar surface area (TPSA) is 90.4 Å². The van der Waals surface area contributed by atoms with Gasteiger partial charge < -0.3 is 19.0 Å². The lowest BCUT2D eigenvalue weighted by Crippen LogP contribution is -2.23. The number of hydrogen-bond donors (Lipinski definition) is 1. The molecule has 0 saturated heterocycles. The third-order valence-electron chi connectivity index (χ3n) is 5.86. The average molecular weight is 395 g/mol. The first-order valence-electron chi connectivity index (χ1n) is 10.3. The van der Waals surface area contributed by atoms with Gasteiger partial charge in [0.2, 0.25) is 5.91 Å². The molecular formula is C22H25N3O4. The van der Waals surface area contributed by atoms with Crippen LogP contribution in [0.15, 0.2) is 33.2 Å². The van der Waals surface area contributed by atoms with Crippen LogP contribution in [-0.2, 0) is 4.79 Å². The molecule has 0 radical (unpaired) electrons. The molecule has 2 heterocycles. The second-order valence-electron chi connectivity index (χ2n) is 8.38. The van der Waals surface area contributed by atoms with Crippen LogP contribution in [0, 0.1) is 5.92 Å². The van der Waals surface area contributed by atoms with Crippen LogP contribution in [0.1, 0.15) is 74.8 Å². The summed E-state index contributed by atoms with van der Waals surface area (Å²) in [5.41, 5.74) is 2.58. The highest BCUT2D eigenvalue weighted by Gasteiger charge is 2.37. The molecule has 1 N–H and O–H groups in total. The van der Waals surface area contributed by atoms with Gasteiger partial charge in [-0.3, -0.25) is 4.79 Å². The van der Waals surface area contributed by atoms with Gasteiger partial charge in [0.15, 0.2) is 17.2 Å². The van der Waals surface area contributed by atoms with E-state index >= 15 is 0 Å². The minimum Gasteiger partial charge on any atom is -0.493 e. The molecule has 1 aromatic carbocycles. The Morgan fingerprint density at radius 3 is 2.86 bits per heavy atom. The van der Waals surface area contributed by atoms with Gasteiger partial charge >= 0.3 is 0 Å². The standard InChI is InChI=1S/C22H25N3O4/c1-12(23-13(2)26)21-10-18(25-29-21)15-7-16(8-15)22-24-19-9-17(5-6-20(19)28-22)27-11-14-3-4-14/h5-6,9-10,12,14-16H,3-4,7-8,11H2,1-2H3,(H,23,26)/t12-,15?,16?/m0/s1. The van der Waals surface area contributed by atoms with Crippen molar-refractivity contribution >= 4 is 17.0 Å². The predicted octanol–water partition coefficient (Wildman–Crippen LogP) is 4.46. The molecule has 1 amide bonds. The van der Waals surface area contributed by atoms with E-state index in [1.165, 1.54) is 19.8 Å². The van der Waals surface area contributed by atoms with Gasteiger partial charge in [-0.15, -0.1) is 0 Å². The van der Waals surface area contributed by atoms with Crippen LogP contribution in [-0.4, -0.2) is 22.7 Å². The highest BCUT2D eigenvalue weighted by Crippen LogP contribution is 2.47. The summed E-state index contributed by atoms with van der Waals surface area (Å²) in [4.78, 5) is 15.9. The first-order valence-corrected chi connectivity index (χ1v) is 10.3. The van der Waals surface area contributed by atoms with E-state index < -0.39 is 0 Å². The zero-order valence-corrected chi connectivity index (χ0v) is 16.7. The fourth-order valence-corrected chi connectivity index (χ4v) is 3.83. The van der Waals surface area contributed by atoms with Crippen LogP contribution in [0.25, 0.3) is 11.1 Å². The number of aromatic nitrogens is 2. The van der Waals surface area contributed by atoms with Crippen LogP contribution < -0.4 is 10.1 Å². The zero-order valence-electron chi connectivity index (χ0n) is 16.7. The number of carbonyl (C=O) groups excluding carboxylic acids is 1. The largest absolute Gasteiger partial charge is 0.493 e. The molecule has 152 valence electrons. The number of amides is 1. The molecule has 29 heavy (non-hydrogen) atoms. The van der Waals surface area contributed by atoms with E-state index in [0.29, 0.717) is 11.7 Å². The Balaban J connectivity index is 1.21. The lowest BCUT2D eigenvalue weighted by molar-refractivity contribution is -0.119. The number of nitrogens with one attached hydrogen (secondary N) is 1. The van der Waals surface area contributed by atoms with Crippen molar-refractivity contribution in [2.45, 2.75) is 57.4 Å². The molecule has 2 aliphatic rings. The van der Waals surface area contributed by atoms with Gasteiger partial charge in [0.05, 0.1) is 18.3 Å². The maximum Gasteiger partial charge on any atom is 0.217 e. The Labute approximate surface area is 168 Å². The summed E-state index contributed by atoms with van der Waals surface area (Å²) in [7, 11) is 0. The van der Waals surface area contributed by atoms with Crippen LogP contribution >= 0.6 is 0 Å². The van der Waals surface area contributed by atoms with E-state index in [1.807, 2.05) is 31.2 Å². The quantitative estimate of drug-likeness (QED) is 0.635. The molecule has 1 atom stereocenters. The number of nitrogens with zero attached hydrogens (tertiary/aromatic N) is 2. The number of carbonyl (C=O) groups is 1. The van der Waals surface area contributed by atoms with Crippen molar-refractivity contribution in [2.75, 3.05) is 6.61 Å². The number of fused-ring (bicyclic) bond motifs is 1. The van der Waals surface area contributed by atoms with Crippen LogP contribution in [0.5, 0.6) is 5.75 Å². The number of hydrogen-bond acceptors (Lipinski definition) is 6. The maximum absolute atomic E-state index is 11.2. The van der Waals surface area contributed by atoms with Crippen molar-refractivity contribution in [3.05, 3.63) is 41.6 Å². The van der Waals surface area contributed by atoms with Crippen LogP contribution in [0.3, 0.4) is 0 Å². The lowest BCUT2D eigenvalue weighted by atomic mass is 9.73. The smallest absolute Gasteiger partial charge is 0.217 e. The minimum atomic E-state index is -0.182. The molecule has 2 saturated carbocycles. The summed E-state index contributed by atoms with van der Waals surface area (Å²) in [5.74, 6) is 3.58. The van der Waals surface area contributed by atoms with E-state index in [4.69, 9.17) is 18.7 Å². The van der Waals surface area contributed by atoms with Crippen molar-refractivity contribution < 1.29 is 18.5 Å². The third-order valence-corrected chi connectivity index (χ3v) is 5.86. The Hall–Kier alpha value is -2.83. The summed E-state index contributed by atoms with van der Waals surface area (Å²) in [5, 5.41) is 7.01. The average Bonchev–Trinajstić information content (AvgIpc) is 3.18. The Morgan fingerprint density at radius 2 is 2.10 bits per heavy atom. The highest BCUT2D eigenvalue weighted by atomic mass is 16.5. The zero-order chi connectivity index (χ0) is 20.0. The van der Waals surface area contributed by atoms with Crippen molar-refractivity contribution in [3.63, 3.8) is 0 Å². The molecule has 3 aromatic rings. The van der Waals surface area contributed by atoms with Gasteiger partial charge in [-0.1, -0.05) is 5.16 Å². The van der Waals surface area contributed by atoms with Crippen LogP contribution in [0.2, 0.25) is 0 Å². The monoisotopic (exact) mass is 395 g/mol. The maximum atomic E-state index is 11.2. The van der Waals surface area contributed by atoms with Gasteiger partial charge in [-0.2, -0.15) is 0 Å². The van der Waals surface area contributed by atoms with Gasteiger partial charge in [0, 0.05) is 30.9 Å². The second kappa shape index (κ2) is 7.21. The van der Waals surface area contributed by atoms with E-state index in [-0.39, 0.29) is 17.9 Å². The summed E-state index contributed by atoms with van der Waals surface area (Å²) in [6.07, 6.45) is 4.41. The molecule has 0 bridgehead atoms. The molecular weight excluding hydrogens is 370 g/mol. The molecule has 0 aliphatic heterocycles. The van der Waals surface area contributed by atoms with Gasteiger partial charge in [-0.05, 0) is 50.7 Å². The van der Waals surface area contributed by atoms with Gasteiger partial charge in [-0.25, -0.2) is 4.98 Å². The molecule has 2 aromatic heterocycles. The number of oxazole rings is 1. The molecule has 7 nitrogen and oxygen atoms in total. The summed E-state index contributed by atoms with van der Waals surface area (Å²) in [6.45, 7) is 4.17. The fourth-order valence-electron chi connectivity index (χ4n) is 3.83. The number of ether oxygens (including phenoxy) is 1. The first-order chi connectivity index (χ1) is 14.0. The summed E-state index contributed by atoms with van der Waals surface area (Å²) >= 11 is 0. The second-order valence-corrected chi connectivity index (χ2v) is 8.38. The van der Waals surface area contributed by atoms with Crippen molar-refractivity contribution in [1.29, 1.82) is 0 Å². The molecule has 7 heteroatoms. The van der Waals surface area contributed by atoms with Gasteiger partial charge in [0.25, 0.3) is 0 Å². The summed E-state index contributed by atoms with van der Waals surface area (Å²) in [6, 6.07) is 7.62. The normalized spacial score (nSPS) is 22.3. The van der Waals surface area contributed by atoms with Crippen molar-refractivity contribution in [3.8, 4) is 5.75 Å². The SMILES string of the molecule is CC(=O)N[C@@H](C)c1cc(C2CC(c3nc4cc(OCC5CC5)ccc4o3)C2)no1. The Bertz CT molecular complexity index is 1030. The van der Waals surface area contributed by atoms with E-state index in [0.717, 1.165) is 53.8 Å². The Morgan fingerprint density at radius 1 is 1.28 bits per heavy atom. The van der Waals surface area contributed by atoms with E-state index in [9.17, 15) is 4.79 Å². The molecule has 0 unspecified atom stereocenters. The highest BCUT2D eigenvalue weighted by molar-refractivity contribution is 5.74. The number of benzene rings is 1. The molecule has 2 aliphatic carbocycles. The summed E-state index contributed by atoms with van der Waals surface area (Å²) < 4.78 is 17.2. The first kappa shape index (κ1) is 18.2. The Kier molecular flexibility index (Phi) is 4.53. The predicted molar refractivity (Wildman–Crippen MR) is 106 cm³/mol. The molecule has 5 rings (SSSR count). The van der Waals surface area contributed by atoms with Gasteiger partial charge in [0.1, 0.15) is 11.3 Å². The molecule has 2 fully saturated rings. The van der Waals surface area contributed by atoms with Crippen molar-refractivity contribution in [2.24, 2.45) is 5.92 Å². The van der Waals surface area contributed by atoms with Crippen LogP contribution in [0.4, 0.5) is 0 Å². The minimum absolute atomic E-state index is 0.0868. The third kappa shape index (κ3) is 3.86. The van der Waals surface area contributed by atoms with E-state index in [1.54, 1.807) is 0 Å². The lowest BCUT2D eigenvalue weighted by Gasteiger charge is -2.31. The molecule has 0 spiro atoms. The van der Waals surface area contributed by atoms with Crippen molar-refractivity contribution in [1.82, 2.24) is 15.5 Å². The fraction of sp³-hybridized carbons (Fsp3) is 0.500. The van der Waals surface area contributed by atoms with E-state index in [2.05, 4.69) is 10.5 Å².